The molecule has 1 atom stereocenters. The van der Waals surface area contributed by atoms with Gasteiger partial charge in [-0.05, 0) is 25.1 Å². The molecule has 20 heavy (non-hydrogen) atoms. The first-order chi connectivity index (χ1) is 9.60. The summed E-state index contributed by atoms with van der Waals surface area (Å²) in [5.41, 5.74) is 9.13. The Labute approximate surface area is 116 Å². The number of furan rings is 1. The molecule has 5 nitrogen and oxygen atoms in total. The third-order valence-electron chi connectivity index (χ3n) is 3.46. The first-order valence-electron chi connectivity index (χ1n) is 6.41. The van der Waals surface area contributed by atoms with Crippen LogP contribution in [0.1, 0.15) is 23.1 Å². The second-order valence-corrected chi connectivity index (χ2v) is 4.89. The van der Waals surface area contributed by atoms with E-state index < -0.39 is 6.04 Å². The molecule has 0 aliphatic heterocycles. The molecule has 0 radical (unpaired) electrons. The van der Waals surface area contributed by atoms with E-state index >= 15 is 0 Å². The summed E-state index contributed by atoms with van der Waals surface area (Å²) < 4.78 is 12.8. The highest BCUT2D eigenvalue weighted by molar-refractivity contribution is 5.78. The van der Waals surface area contributed by atoms with Gasteiger partial charge in [-0.3, -0.25) is 4.68 Å². The number of rotatable bonds is 3. The lowest BCUT2D eigenvalue weighted by Crippen LogP contribution is -2.16. The van der Waals surface area contributed by atoms with Crippen molar-refractivity contribution in [2.75, 3.05) is 7.11 Å². The molecule has 0 bridgehead atoms. The van der Waals surface area contributed by atoms with Crippen LogP contribution in [0.2, 0.25) is 0 Å². The number of methoxy groups -OCH3 is 1. The predicted octanol–water partition coefficient (Wildman–Crippen LogP) is 2.53. The summed E-state index contributed by atoms with van der Waals surface area (Å²) in [5.74, 6) is 1.36. The van der Waals surface area contributed by atoms with E-state index in [-0.39, 0.29) is 0 Å². The zero-order valence-electron chi connectivity index (χ0n) is 11.8. The molecule has 1 aromatic carbocycles. The number of benzene rings is 1. The first kappa shape index (κ1) is 12.7. The molecule has 2 aromatic heterocycles. The minimum atomic E-state index is -0.412. The fourth-order valence-corrected chi connectivity index (χ4v) is 2.41. The number of ether oxygens (including phenoxy) is 1. The van der Waals surface area contributed by atoms with Crippen molar-refractivity contribution >= 4 is 11.0 Å². The van der Waals surface area contributed by atoms with Crippen molar-refractivity contribution < 1.29 is 9.15 Å². The third kappa shape index (κ3) is 1.96. The molecule has 5 heteroatoms. The quantitative estimate of drug-likeness (QED) is 0.795. The second kappa shape index (κ2) is 4.68. The summed E-state index contributed by atoms with van der Waals surface area (Å²) in [6, 6.07) is 7.62. The number of hydrogen-bond donors (Lipinski definition) is 1. The standard InChI is InChI=1S/C15H17N3O2/c1-9-4-5-11-10(6-9)7-12(20-11)14(16)15-13(19-3)8-17-18(15)2/h4-8,14H,16H2,1-3H3. The topological polar surface area (TPSA) is 66.2 Å². The predicted molar refractivity (Wildman–Crippen MR) is 76.7 cm³/mol. The fourth-order valence-electron chi connectivity index (χ4n) is 2.41. The Morgan fingerprint density at radius 1 is 1.35 bits per heavy atom. The van der Waals surface area contributed by atoms with Crippen molar-refractivity contribution in [3.63, 3.8) is 0 Å². The van der Waals surface area contributed by atoms with Gasteiger partial charge in [-0.2, -0.15) is 5.10 Å². The second-order valence-electron chi connectivity index (χ2n) is 4.89. The zero-order chi connectivity index (χ0) is 14.3. The van der Waals surface area contributed by atoms with Gasteiger partial charge in [0.15, 0.2) is 5.75 Å². The minimum absolute atomic E-state index is 0.412. The third-order valence-corrected chi connectivity index (χ3v) is 3.46. The lowest BCUT2D eigenvalue weighted by atomic mass is 10.1. The lowest BCUT2D eigenvalue weighted by molar-refractivity contribution is 0.401. The van der Waals surface area contributed by atoms with Gasteiger partial charge in [-0.1, -0.05) is 11.6 Å². The fraction of sp³-hybridized carbons (Fsp3) is 0.267. The molecular formula is C15H17N3O2. The van der Waals surface area contributed by atoms with Gasteiger partial charge >= 0.3 is 0 Å². The number of aromatic nitrogens is 2. The molecule has 1 unspecified atom stereocenters. The number of hydrogen-bond acceptors (Lipinski definition) is 4. The highest BCUT2D eigenvalue weighted by Crippen LogP contribution is 2.31. The van der Waals surface area contributed by atoms with E-state index in [1.165, 1.54) is 5.56 Å². The molecule has 0 aliphatic rings. The van der Waals surface area contributed by atoms with Crippen LogP contribution in [-0.4, -0.2) is 16.9 Å². The van der Waals surface area contributed by atoms with E-state index in [9.17, 15) is 0 Å². The summed E-state index contributed by atoms with van der Waals surface area (Å²) in [6.45, 7) is 2.05. The van der Waals surface area contributed by atoms with Gasteiger partial charge in [0, 0.05) is 12.4 Å². The average molecular weight is 271 g/mol. The molecule has 0 spiro atoms. The molecule has 2 N–H and O–H groups in total. The Morgan fingerprint density at radius 3 is 2.90 bits per heavy atom. The molecule has 0 fully saturated rings. The number of fused-ring (bicyclic) bond motifs is 1. The SMILES string of the molecule is COc1cnn(C)c1C(N)c1cc2cc(C)ccc2o1. The van der Waals surface area contributed by atoms with Gasteiger partial charge in [0.1, 0.15) is 23.1 Å². The molecule has 0 saturated carbocycles. The molecule has 0 aliphatic carbocycles. The van der Waals surface area contributed by atoms with Crippen LogP contribution in [0.25, 0.3) is 11.0 Å². The molecule has 3 rings (SSSR count). The lowest BCUT2D eigenvalue weighted by Gasteiger charge is -2.11. The Balaban J connectivity index is 2.07. The van der Waals surface area contributed by atoms with Crippen LogP contribution in [-0.2, 0) is 7.05 Å². The zero-order valence-corrected chi connectivity index (χ0v) is 11.8. The van der Waals surface area contributed by atoms with Gasteiger partial charge in [0.05, 0.1) is 13.3 Å². The molecule has 104 valence electrons. The van der Waals surface area contributed by atoms with Crippen LogP contribution in [0.15, 0.2) is 34.9 Å². The average Bonchev–Trinajstić information content (AvgIpc) is 3.00. The van der Waals surface area contributed by atoms with Gasteiger partial charge in [-0.15, -0.1) is 0 Å². The minimum Gasteiger partial charge on any atom is -0.493 e. The van der Waals surface area contributed by atoms with E-state index in [4.69, 9.17) is 14.9 Å². The van der Waals surface area contributed by atoms with Gasteiger partial charge in [0.25, 0.3) is 0 Å². The van der Waals surface area contributed by atoms with Crippen LogP contribution in [0, 0.1) is 6.92 Å². The van der Waals surface area contributed by atoms with E-state index in [0.29, 0.717) is 11.5 Å². The van der Waals surface area contributed by atoms with Crippen molar-refractivity contribution in [1.29, 1.82) is 0 Å². The summed E-state index contributed by atoms with van der Waals surface area (Å²) in [4.78, 5) is 0. The Morgan fingerprint density at radius 2 is 2.15 bits per heavy atom. The maximum absolute atomic E-state index is 6.31. The van der Waals surface area contributed by atoms with Crippen LogP contribution >= 0.6 is 0 Å². The molecule has 0 amide bonds. The maximum atomic E-state index is 6.31. The van der Waals surface area contributed by atoms with E-state index in [2.05, 4.69) is 18.1 Å². The van der Waals surface area contributed by atoms with Crippen molar-refractivity contribution in [2.45, 2.75) is 13.0 Å². The number of aryl methyl sites for hydroxylation is 2. The van der Waals surface area contributed by atoms with Crippen molar-refractivity contribution in [3.8, 4) is 5.75 Å². The van der Waals surface area contributed by atoms with Gasteiger partial charge in [0.2, 0.25) is 0 Å². The van der Waals surface area contributed by atoms with Crippen molar-refractivity contribution in [1.82, 2.24) is 9.78 Å². The largest absolute Gasteiger partial charge is 0.493 e. The highest BCUT2D eigenvalue weighted by Gasteiger charge is 2.22. The van der Waals surface area contributed by atoms with Crippen LogP contribution in [0.4, 0.5) is 0 Å². The van der Waals surface area contributed by atoms with E-state index in [0.717, 1.165) is 16.7 Å². The summed E-state index contributed by atoms with van der Waals surface area (Å²) in [7, 11) is 3.44. The van der Waals surface area contributed by atoms with Crippen LogP contribution in [0.5, 0.6) is 5.75 Å². The van der Waals surface area contributed by atoms with E-state index in [1.54, 1.807) is 18.0 Å². The number of nitrogens with zero attached hydrogens (tertiary/aromatic N) is 2. The summed E-state index contributed by atoms with van der Waals surface area (Å²) >= 11 is 0. The first-order valence-corrected chi connectivity index (χ1v) is 6.41. The van der Waals surface area contributed by atoms with Crippen LogP contribution < -0.4 is 10.5 Å². The molecular weight excluding hydrogens is 254 g/mol. The van der Waals surface area contributed by atoms with Crippen molar-refractivity contribution in [2.24, 2.45) is 12.8 Å². The molecule has 3 aromatic rings. The number of nitrogens with two attached hydrogens (primary N) is 1. The van der Waals surface area contributed by atoms with E-state index in [1.807, 2.05) is 25.2 Å². The maximum Gasteiger partial charge on any atom is 0.162 e. The highest BCUT2D eigenvalue weighted by atomic mass is 16.5. The summed E-state index contributed by atoms with van der Waals surface area (Å²) in [6.07, 6.45) is 1.65. The molecule has 0 saturated heterocycles. The smallest absolute Gasteiger partial charge is 0.162 e. The normalized spacial score (nSPS) is 12.8. The Bertz CT molecular complexity index is 758. The Kier molecular flexibility index (Phi) is 2.99. The van der Waals surface area contributed by atoms with Gasteiger partial charge in [-0.25, -0.2) is 0 Å². The molecule has 2 heterocycles. The Hall–Kier alpha value is -2.27. The monoisotopic (exact) mass is 271 g/mol. The van der Waals surface area contributed by atoms with Crippen LogP contribution in [0.3, 0.4) is 0 Å². The summed E-state index contributed by atoms with van der Waals surface area (Å²) in [5, 5.41) is 5.22. The van der Waals surface area contributed by atoms with Gasteiger partial charge < -0.3 is 14.9 Å². The van der Waals surface area contributed by atoms with Crippen molar-refractivity contribution in [3.05, 3.63) is 47.5 Å².